The largest absolute Gasteiger partial charge is 0.368 e. The van der Waals surface area contributed by atoms with Crippen LogP contribution in [0.25, 0.3) is 0 Å². The van der Waals surface area contributed by atoms with Gasteiger partial charge < -0.3 is 23.7 Å². The lowest BCUT2D eigenvalue weighted by molar-refractivity contribution is -0.310. The molecule has 1 aliphatic rings. The minimum absolute atomic E-state index is 0.249. The molecule has 0 bridgehead atoms. The highest BCUT2D eigenvalue weighted by atomic mass is 16.7. The van der Waals surface area contributed by atoms with Gasteiger partial charge in [0.05, 0.1) is 19.8 Å². The minimum Gasteiger partial charge on any atom is -0.368 e. The first kappa shape index (κ1) is 29.4. The van der Waals surface area contributed by atoms with Crippen molar-refractivity contribution in [2.75, 3.05) is 7.11 Å². The van der Waals surface area contributed by atoms with Gasteiger partial charge in [0.1, 0.15) is 18.3 Å². The van der Waals surface area contributed by atoms with Gasteiger partial charge in [0, 0.05) is 12.7 Å². The molecule has 5 atom stereocenters. The van der Waals surface area contributed by atoms with E-state index in [0.717, 1.165) is 22.3 Å². The molecule has 214 valence electrons. The second kappa shape index (κ2) is 15.2. The normalized spacial score (nSPS) is 21.7. The molecule has 1 saturated heterocycles. The maximum atomic E-state index is 13.6. The van der Waals surface area contributed by atoms with Crippen LogP contribution in [0.15, 0.2) is 121 Å². The minimum atomic E-state index is -1.06. The molecule has 1 heterocycles. The molecule has 1 fully saturated rings. The van der Waals surface area contributed by atoms with Crippen molar-refractivity contribution in [1.82, 2.24) is 0 Å². The van der Waals surface area contributed by atoms with Gasteiger partial charge >= 0.3 is 0 Å². The van der Waals surface area contributed by atoms with Gasteiger partial charge in [-0.25, -0.2) is 0 Å². The summed E-state index contributed by atoms with van der Waals surface area (Å²) in [6, 6.07) is 38.8. The van der Waals surface area contributed by atoms with E-state index in [2.05, 4.69) is 11.8 Å². The first-order chi connectivity index (χ1) is 20.7. The van der Waals surface area contributed by atoms with E-state index in [-0.39, 0.29) is 13.2 Å². The van der Waals surface area contributed by atoms with Crippen LogP contribution in [0.4, 0.5) is 0 Å². The van der Waals surface area contributed by atoms with Gasteiger partial charge in [-0.2, -0.15) is 0 Å². The molecule has 4 aromatic rings. The summed E-state index contributed by atoms with van der Waals surface area (Å²) in [6.07, 6.45) is -4.17. The average Bonchev–Trinajstić information content (AvgIpc) is 3.06. The van der Waals surface area contributed by atoms with E-state index in [0.29, 0.717) is 6.61 Å². The van der Waals surface area contributed by atoms with Crippen LogP contribution in [0.5, 0.6) is 0 Å². The monoisotopic (exact) mass is 562 g/mol. The number of ether oxygens (including phenoxy) is 5. The number of benzene rings is 4. The lowest BCUT2D eigenvalue weighted by atomic mass is 9.95. The van der Waals surface area contributed by atoms with Crippen LogP contribution in [-0.2, 0) is 48.3 Å². The third-order valence-corrected chi connectivity index (χ3v) is 6.95. The van der Waals surface area contributed by atoms with Crippen LogP contribution in [0.2, 0.25) is 0 Å². The quantitative estimate of drug-likeness (QED) is 0.218. The fourth-order valence-electron chi connectivity index (χ4n) is 4.79. The summed E-state index contributed by atoms with van der Waals surface area (Å²) in [5.41, 5.74) is 3.65. The Kier molecular flexibility index (Phi) is 10.7. The predicted octanol–water partition coefficient (Wildman–Crippen LogP) is 5.73. The summed E-state index contributed by atoms with van der Waals surface area (Å²) in [5.74, 6) is 5.29. The topological polar surface area (TPSA) is 63.2 Å². The fourth-order valence-corrected chi connectivity index (χ4v) is 4.79. The number of Topliss-reactive ketones (excluding diaryl/α,β-unsaturated/α-hetero) is 1. The lowest BCUT2D eigenvalue weighted by Gasteiger charge is -2.44. The highest BCUT2D eigenvalue weighted by molar-refractivity contribution is 6.00. The first-order valence-corrected chi connectivity index (χ1v) is 14.0. The average molecular weight is 563 g/mol. The van der Waals surface area contributed by atoms with Crippen LogP contribution in [0.3, 0.4) is 0 Å². The van der Waals surface area contributed by atoms with E-state index < -0.39 is 36.5 Å². The zero-order chi connectivity index (χ0) is 29.0. The van der Waals surface area contributed by atoms with Crippen LogP contribution >= 0.6 is 0 Å². The van der Waals surface area contributed by atoms with Gasteiger partial charge in [0.15, 0.2) is 12.4 Å². The van der Waals surface area contributed by atoms with Crippen molar-refractivity contribution < 1.29 is 28.5 Å². The van der Waals surface area contributed by atoms with E-state index >= 15 is 0 Å². The van der Waals surface area contributed by atoms with E-state index in [9.17, 15) is 4.79 Å². The molecule has 4 aromatic carbocycles. The van der Waals surface area contributed by atoms with Gasteiger partial charge in [-0.15, -0.1) is 0 Å². The van der Waals surface area contributed by atoms with Crippen molar-refractivity contribution in [2.24, 2.45) is 0 Å². The van der Waals surface area contributed by atoms with Crippen molar-refractivity contribution in [1.29, 1.82) is 0 Å². The Hall–Kier alpha value is -4.09. The molecular weight excluding hydrogens is 528 g/mol. The van der Waals surface area contributed by atoms with Gasteiger partial charge in [0.2, 0.25) is 5.78 Å². The van der Waals surface area contributed by atoms with Crippen molar-refractivity contribution in [3.05, 3.63) is 144 Å². The summed E-state index contributed by atoms with van der Waals surface area (Å²) in [4.78, 5) is 13.6. The molecule has 0 N–H and O–H groups in total. The number of carbonyl (C=O) groups is 1. The molecule has 0 amide bonds. The van der Waals surface area contributed by atoms with Crippen molar-refractivity contribution >= 4 is 5.78 Å². The molecule has 0 spiro atoms. The fraction of sp³-hybridized carbons (Fsp3) is 0.250. The molecular formula is C36H34O6. The number of carbonyl (C=O) groups excluding carboxylic acids is 1. The Morgan fingerprint density at radius 2 is 1.05 bits per heavy atom. The summed E-state index contributed by atoms with van der Waals surface area (Å²) in [5, 5.41) is 0. The first-order valence-electron chi connectivity index (χ1n) is 14.0. The SMILES string of the molecule is CO[C@H]1O[C@H](C(=O)C#Cc2ccccc2)[C@@H](OCc2ccccc2)[C@H](OCc2ccccc2)[C@H]1OCc1ccccc1. The molecule has 0 unspecified atom stereocenters. The smallest absolute Gasteiger partial charge is 0.237 e. The van der Waals surface area contributed by atoms with Gasteiger partial charge in [-0.1, -0.05) is 115 Å². The summed E-state index contributed by atoms with van der Waals surface area (Å²) >= 11 is 0. The summed E-state index contributed by atoms with van der Waals surface area (Å²) in [6.45, 7) is 0.839. The number of rotatable bonds is 11. The standard InChI is InChI=1S/C36H34O6/c1-38-36-35(41-26-30-20-12-5-13-21-30)34(40-25-29-18-10-4-11-19-29)33(39-24-28-16-8-3-9-17-28)32(42-36)31(37)23-22-27-14-6-2-7-15-27/h2-21,32-36H,24-26H2,1H3/t32-,33-,34+,35-,36+/m1/s1. The van der Waals surface area contributed by atoms with Crippen molar-refractivity contribution in [3.8, 4) is 11.8 Å². The Morgan fingerprint density at radius 3 is 1.52 bits per heavy atom. The second-order valence-electron chi connectivity index (χ2n) is 9.92. The predicted molar refractivity (Wildman–Crippen MR) is 159 cm³/mol. The van der Waals surface area contributed by atoms with Gasteiger partial charge in [-0.05, 0) is 34.7 Å². The third kappa shape index (κ3) is 8.01. The summed E-state index contributed by atoms with van der Waals surface area (Å²) in [7, 11) is 1.53. The van der Waals surface area contributed by atoms with Crippen molar-refractivity contribution in [2.45, 2.75) is 50.5 Å². The van der Waals surface area contributed by atoms with E-state index in [4.69, 9.17) is 23.7 Å². The van der Waals surface area contributed by atoms with Crippen molar-refractivity contribution in [3.63, 3.8) is 0 Å². The Balaban J connectivity index is 1.46. The van der Waals surface area contributed by atoms with E-state index in [1.54, 1.807) is 0 Å². The molecule has 0 aliphatic carbocycles. The Morgan fingerprint density at radius 1 is 0.619 bits per heavy atom. The summed E-state index contributed by atoms with van der Waals surface area (Å²) < 4.78 is 31.4. The number of ketones is 1. The van der Waals surface area contributed by atoms with Gasteiger partial charge in [-0.3, -0.25) is 4.79 Å². The third-order valence-electron chi connectivity index (χ3n) is 6.95. The van der Waals surface area contributed by atoms with E-state index in [1.165, 1.54) is 7.11 Å². The zero-order valence-electron chi connectivity index (χ0n) is 23.5. The Bertz CT molecular complexity index is 1430. The van der Waals surface area contributed by atoms with Gasteiger partial charge in [0.25, 0.3) is 0 Å². The highest BCUT2D eigenvalue weighted by Crippen LogP contribution is 2.31. The van der Waals surface area contributed by atoms with Crippen LogP contribution < -0.4 is 0 Å². The van der Waals surface area contributed by atoms with E-state index in [1.807, 2.05) is 121 Å². The second-order valence-corrected chi connectivity index (χ2v) is 9.92. The maximum Gasteiger partial charge on any atom is 0.237 e. The molecule has 5 rings (SSSR count). The Labute approximate surface area is 247 Å². The molecule has 42 heavy (non-hydrogen) atoms. The molecule has 6 nitrogen and oxygen atoms in total. The highest BCUT2D eigenvalue weighted by Gasteiger charge is 2.51. The van der Waals surface area contributed by atoms with Crippen LogP contribution in [-0.4, -0.2) is 43.6 Å². The lowest BCUT2D eigenvalue weighted by Crippen LogP contribution is -2.62. The number of hydrogen-bond acceptors (Lipinski definition) is 6. The number of methoxy groups -OCH3 is 1. The molecule has 0 radical (unpaired) electrons. The molecule has 1 aliphatic heterocycles. The molecule has 0 aromatic heterocycles. The number of hydrogen-bond donors (Lipinski definition) is 0. The van der Waals surface area contributed by atoms with Crippen LogP contribution in [0.1, 0.15) is 22.3 Å². The van der Waals surface area contributed by atoms with Crippen LogP contribution in [0, 0.1) is 11.8 Å². The maximum absolute atomic E-state index is 13.6. The molecule has 6 heteroatoms. The zero-order valence-corrected chi connectivity index (χ0v) is 23.5. The molecule has 0 saturated carbocycles.